The smallest absolute Gasteiger partial charge is 0.0441 e. The summed E-state index contributed by atoms with van der Waals surface area (Å²) in [7, 11) is 0. The van der Waals surface area contributed by atoms with E-state index in [4.69, 9.17) is 11.6 Å². The number of aryl methyl sites for hydroxylation is 1. The average Bonchev–Trinajstić information content (AvgIpc) is 2.37. The van der Waals surface area contributed by atoms with Crippen LogP contribution in [0.25, 0.3) is 0 Å². The highest BCUT2D eigenvalue weighted by molar-refractivity contribution is 6.31. The van der Waals surface area contributed by atoms with E-state index in [9.17, 15) is 0 Å². The monoisotopic (exact) mass is 251 g/mol. The second-order valence-corrected chi connectivity index (χ2v) is 5.40. The van der Waals surface area contributed by atoms with Gasteiger partial charge in [0.1, 0.15) is 0 Å². The lowest BCUT2D eigenvalue weighted by Crippen LogP contribution is -2.41. The third-order valence-corrected chi connectivity index (χ3v) is 4.24. The van der Waals surface area contributed by atoms with Crippen LogP contribution in [-0.4, -0.2) is 12.1 Å². The first-order valence-electron chi connectivity index (χ1n) is 6.76. The van der Waals surface area contributed by atoms with Gasteiger partial charge in [0.2, 0.25) is 0 Å². The molecule has 1 aromatic carbocycles. The molecule has 1 aliphatic carbocycles. The van der Waals surface area contributed by atoms with E-state index in [-0.39, 0.29) is 0 Å². The van der Waals surface area contributed by atoms with Crippen LogP contribution in [0.2, 0.25) is 5.02 Å². The maximum absolute atomic E-state index is 6.28. The van der Waals surface area contributed by atoms with E-state index >= 15 is 0 Å². The van der Waals surface area contributed by atoms with Crippen LogP contribution >= 0.6 is 11.6 Å². The molecule has 1 N–H and O–H groups in total. The maximum Gasteiger partial charge on any atom is 0.0441 e. The molecule has 0 aliphatic heterocycles. The third kappa shape index (κ3) is 3.02. The summed E-state index contributed by atoms with van der Waals surface area (Å²) >= 11 is 6.28. The fourth-order valence-electron chi connectivity index (χ4n) is 2.74. The van der Waals surface area contributed by atoms with Gasteiger partial charge in [0.25, 0.3) is 0 Å². The summed E-state index contributed by atoms with van der Waals surface area (Å²) in [6.45, 7) is 4.51. The summed E-state index contributed by atoms with van der Waals surface area (Å²) in [5, 5.41) is 4.71. The molecule has 2 rings (SSSR count). The Morgan fingerprint density at radius 3 is 2.82 bits per heavy atom. The first kappa shape index (κ1) is 12.9. The van der Waals surface area contributed by atoms with Crippen LogP contribution in [0.5, 0.6) is 0 Å². The van der Waals surface area contributed by atoms with Gasteiger partial charge in [-0.3, -0.25) is 0 Å². The molecule has 17 heavy (non-hydrogen) atoms. The molecule has 94 valence electrons. The zero-order valence-corrected chi connectivity index (χ0v) is 11.6. The van der Waals surface area contributed by atoms with Crippen LogP contribution in [0.4, 0.5) is 0 Å². The highest BCUT2D eigenvalue weighted by Gasteiger charge is 2.21. The predicted octanol–water partition coefficient (Wildman–Crippen LogP) is 3.98. The summed E-state index contributed by atoms with van der Waals surface area (Å²) < 4.78 is 0. The van der Waals surface area contributed by atoms with Gasteiger partial charge in [-0.25, -0.2) is 0 Å². The van der Waals surface area contributed by atoms with Crippen molar-refractivity contribution in [3.05, 3.63) is 34.3 Å². The van der Waals surface area contributed by atoms with E-state index in [1.165, 1.54) is 30.4 Å². The van der Waals surface area contributed by atoms with Crippen LogP contribution in [-0.2, 0) is 12.8 Å². The number of halogens is 1. The van der Waals surface area contributed by atoms with Crippen LogP contribution in [0.1, 0.15) is 44.2 Å². The van der Waals surface area contributed by atoms with E-state index in [2.05, 4.69) is 31.3 Å². The minimum atomic E-state index is 0.604. The maximum atomic E-state index is 6.28. The summed E-state index contributed by atoms with van der Waals surface area (Å²) in [5.41, 5.74) is 2.81. The lowest BCUT2D eigenvalue weighted by molar-refractivity contribution is 0.378. The molecule has 0 fully saturated rings. The quantitative estimate of drug-likeness (QED) is 0.854. The summed E-state index contributed by atoms with van der Waals surface area (Å²) in [5.74, 6) is 0. The van der Waals surface area contributed by atoms with Gasteiger partial charge in [-0.15, -0.1) is 0 Å². The van der Waals surface area contributed by atoms with E-state index in [0.29, 0.717) is 12.1 Å². The number of hydrogen-bond acceptors (Lipinski definition) is 1. The standard InChI is InChI=1S/C15H22ClN/c1-3-12(4-2)17-13-9-8-11-6-5-7-15(16)14(11)10-13/h5-7,12-13,17H,3-4,8-10H2,1-2H3. The highest BCUT2D eigenvalue weighted by atomic mass is 35.5. The molecular weight excluding hydrogens is 230 g/mol. The van der Waals surface area contributed by atoms with E-state index in [0.717, 1.165) is 17.9 Å². The first-order valence-corrected chi connectivity index (χ1v) is 7.14. The van der Waals surface area contributed by atoms with Crippen molar-refractivity contribution in [3.63, 3.8) is 0 Å². The SMILES string of the molecule is CCC(CC)NC1CCc2cccc(Cl)c2C1. The zero-order chi connectivity index (χ0) is 12.3. The molecule has 1 nitrogen and oxygen atoms in total. The Morgan fingerprint density at radius 1 is 1.35 bits per heavy atom. The Labute approximate surface area is 110 Å². The van der Waals surface area contributed by atoms with Crippen molar-refractivity contribution in [1.82, 2.24) is 5.32 Å². The number of nitrogens with one attached hydrogen (secondary N) is 1. The van der Waals surface area contributed by atoms with Crippen molar-refractivity contribution >= 4 is 11.6 Å². The highest BCUT2D eigenvalue weighted by Crippen LogP contribution is 2.28. The van der Waals surface area contributed by atoms with Crippen LogP contribution < -0.4 is 5.32 Å². The Bertz CT molecular complexity index is 371. The molecule has 0 bridgehead atoms. The Kier molecular flexibility index (Phi) is 4.47. The lowest BCUT2D eigenvalue weighted by atomic mass is 9.87. The van der Waals surface area contributed by atoms with Gasteiger partial charge in [-0.2, -0.15) is 0 Å². The largest absolute Gasteiger partial charge is 0.311 e. The summed E-state index contributed by atoms with van der Waals surface area (Å²) in [6.07, 6.45) is 5.91. The van der Waals surface area contributed by atoms with Gasteiger partial charge in [0.15, 0.2) is 0 Å². The van der Waals surface area contributed by atoms with E-state index < -0.39 is 0 Å². The summed E-state index contributed by atoms with van der Waals surface area (Å²) in [4.78, 5) is 0. The predicted molar refractivity (Wildman–Crippen MR) is 74.8 cm³/mol. The second kappa shape index (κ2) is 5.88. The van der Waals surface area contributed by atoms with Crippen molar-refractivity contribution < 1.29 is 0 Å². The Balaban J connectivity index is 2.05. The van der Waals surface area contributed by atoms with Gasteiger partial charge in [0.05, 0.1) is 0 Å². The molecule has 1 aromatic rings. The van der Waals surface area contributed by atoms with Gasteiger partial charge in [-0.05, 0) is 49.3 Å². The van der Waals surface area contributed by atoms with E-state index in [1.807, 2.05) is 6.07 Å². The van der Waals surface area contributed by atoms with Gasteiger partial charge >= 0.3 is 0 Å². The molecule has 0 aromatic heterocycles. The fraction of sp³-hybridized carbons (Fsp3) is 0.600. The molecule has 0 saturated heterocycles. The van der Waals surface area contributed by atoms with Gasteiger partial charge < -0.3 is 5.32 Å². The number of hydrogen-bond donors (Lipinski definition) is 1. The van der Waals surface area contributed by atoms with Crippen LogP contribution in [0, 0.1) is 0 Å². The van der Waals surface area contributed by atoms with Crippen molar-refractivity contribution in [2.45, 2.75) is 58.0 Å². The molecule has 1 aliphatic rings. The molecule has 0 radical (unpaired) electrons. The van der Waals surface area contributed by atoms with Crippen molar-refractivity contribution in [3.8, 4) is 0 Å². The normalized spacial score (nSPS) is 19.4. The number of rotatable bonds is 4. The van der Waals surface area contributed by atoms with Gasteiger partial charge in [0, 0.05) is 17.1 Å². The second-order valence-electron chi connectivity index (χ2n) is 5.00. The number of fused-ring (bicyclic) bond motifs is 1. The van der Waals surface area contributed by atoms with Gasteiger partial charge in [-0.1, -0.05) is 37.6 Å². The first-order chi connectivity index (χ1) is 8.24. The number of benzene rings is 1. The molecule has 1 atom stereocenters. The lowest BCUT2D eigenvalue weighted by Gasteiger charge is -2.29. The molecule has 0 heterocycles. The summed E-state index contributed by atoms with van der Waals surface area (Å²) in [6, 6.07) is 7.56. The molecule has 1 unspecified atom stereocenters. The molecule has 2 heteroatoms. The minimum absolute atomic E-state index is 0.604. The molecule has 0 amide bonds. The Morgan fingerprint density at radius 2 is 2.12 bits per heavy atom. The fourth-order valence-corrected chi connectivity index (χ4v) is 3.02. The van der Waals surface area contributed by atoms with Crippen LogP contribution in [0.3, 0.4) is 0 Å². The molecular formula is C15H22ClN. The van der Waals surface area contributed by atoms with Crippen molar-refractivity contribution in [2.24, 2.45) is 0 Å². The van der Waals surface area contributed by atoms with Crippen LogP contribution in [0.15, 0.2) is 18.2 Å². The van der Waals surface area contributed by atoms with Crippen molar-refractivity contribution in [1.29, 1.82) is 0 Å². The van der Waals surface area contributed by atoms with E-state index in [1.54, 1.807) is 0 Å². The third-order valence-electron chi connectivity index (χ3n) is 3.89. The zero-order valence-electron chi connectivity index (χ0n) is 10.8. The topological polar surface area (TPSA) is 12.0 Å². The molecule has 0 saturated carbocycles. The average molecular weight is 252 g/mol. The molecule has 0 spiro atoms. The van der Waals surface area contributed by atoms with Crippen molar-refractivity contribution in [2.75, 3.05) is 0 Å². The minimum Gasteiger partial charge on any atom is -0.311 e. The Hall–Kier alpha value is -0.530.